The number of hydrogen-bond donors (Lipinski definition) is 1. The van der Waals surface area contributed by atoms with Crippen LogP contribution in [0.2, 0.25) is 0 Å². The highest BCUT2D eigenvalue weighted by Crippen LogP contribution is 2.28. The molecule has 3 aromatic rings. The highest BCUT2D eigenvalue weighted by Gasteiger charge is 2.15. The first kappa shape index (κ1) is 18.9. The molecule has 138 valence electrons. The van der Waals surface area contributed by atoms with Crippen molar-refractivity contribution < 1.29 is 4.79 Å². The Morgan fingerprint density at radius 2 is 1.56 bits per heavy atom. The Bertz CT molecular complexity index is 913. The lowest BCUT2D eigenvalue weighted by Crippen LogP contribution is -2.17. The fraction of sp³-hybridized carbons (Fsp3) is 0.240. The van der Waals surface area contributed by atoms with Gasteiger partial charge in [-0.25, -0.2) is 0 Å². The van der Waals surface area contributed by atoms with Gasteiger partial charge in [0.2, 0.25) is 0 Å². The van der Waals surface area contributed by atoms with E-state index in [1.807, 2.05) is 43.3 Å². The quantitative estimate of drug-likeness (QED) is 0.563. The van der Waals surface area contributed by atoms with Crippen LogP contribution in [0.25, 0.3) is 0 Å². The molecule has 0 heterocycles. The summed E-state index contributed by atoms with van der Waals surface area (Å²) in [7, 11) is 0. The van der Waals surface area contributed by atoms with Crippen molar-refractivity contribution in [1.29, 1.82) is 0 Å². The van der Waals surface area contributed by atoms with Gasteiger partial charge in [0, 0.05) is 11.3 Å². The number of nitrogens with one attached hydrogen (secondary N) is 1. The molecule has 0 aliphatic carbocycles. The van der Waals surface area contributed by atoms with E-state index >= 15 is 0 Å². The SMILES string of the molecule is Cc1cccc(C(C)C)c1NC(=O)c1ccccc1CCc1ccccc1. The van der Waals surface area contributed by atoms with Gasteiger partial charge in [0.15, 0.2) is 0 Å². The number of benzene rings is 3. The molecule has 1 amide bonds. The average Bonchev–Trinajstić information content (AvgIpc) is 2.68. The van der Waals surface area contributed by atoms with Crippen molar-refractivity contribution in [2.45, 2.75) is 39.5 Å². The molecule has 0 aliphatic rings. The Labute approximate surface area is 162 Å². The van der Waals surface area contributed by atoms with E-state index in [-0.39, 0.29) is 5.91 Å². The highest BCUT2D eigenvalue weighted by atomic mass is 16.1. The molecule has 0 bridgehead atoms. The highest BCUT2D eigenvalue weighted by molar-refractivity contribution is 6.06. The van der Waals surface area contributed by atoms with Crippen molar-refractivity contribution in [3.8, 4) is 0 Å². The number of para-hydroxylation sites is 1. The maximum atomic E-state index is 13.1. The van der Waals surface area contributed by atoms with Crippen molar-refractivity contribution in [3.63, 3.8) is 0 Å². The van der Waals surface area contributed by atoms with Gasteiger partial charge in [-0.05, 0) is 54.0 Å². The average molecular weight is 357 g/mol. The van der Waals surface area contributed by atoms with Crippen molar-refractivity contribution in [3.05, 3.63) is 101 Å². The van der Waals surface area contributed by atoms with E-state index in [9.17, 15) is 4.79 Å². The molecule has 0 spiro atoms. The van der Waals surface area contributed by atoms with E-state index in [4.69, 9.17) is 0 Å². The third-order valence-corrected chi connectivity index (χ3v) is 4.95. The topological polar surface area (TPSA) is 29.1 Å². The summed E-state index contributed by atoms with van der Waals surface area (Å²) in [5, 5.41) is 3.18. The smallest absolute Gasteiger partial charge is 0.255 e. The van der Waals surface area contributed by atoms with Crippen LogP contribution in [0.3, 0.4) is 0 Å². The summed E-state index contributed by atoms with van der Waals surface area (Å²) in [4.78, 5) is 13.1. The molecule has 1 N–H and O–H groups in total. The van der Waals surface area contributed by atoms with Crippen LogP contribution >= 0.6 is 0 Å². The number of anilines is 1. The van der Waals surface area contributed by atoms with E-state index in [0.717, 1.165) is 35.2 Å². The second-order valence-corrected chi connectivity index (χ2v) is 7.29. The Kier molecular flexibility index (Phi) is 6.08. The van der Waals surface area contributed by atoms with Gasteiger partial charge < -0.3 is 5.32 Å². The zero-order valence-corrected chi connectivity index (χ0v) is 16.3. The minimum atomic E-state index is -0.0325. The molecule has 0 radical (unpaired) electrons. The Hall–Kier alpha value is -2.87. The third-order valence-electron chi connectivity index (χ3n) is 4.95. The molecule has 0 aliphatic heterocycles. The Balaban J connectivity index is 1.82. The molecule has 2 nitrogen and oxygen atoms in total. The van der Waals surface area contributed by atoms with Crippen molar-refractivity contribution in [2.75, 3.05) is 5.32 Å². The monoisotopic (exact) mass is 357 g/mol. The predicted octanol–water partition coefficient (Wildman–Crippen LogP) is 6.16. The zero-order chi connectivity index (χ0) is 19.2. The largest absolute Gasteiger partial charge is 0.321 e. The minimum absolute atomic E-state index is 0.0325. The normalized spacial score (nSPS) is 10.8. The molecule has 3 rings (SSSR count). The summed E-state index contributed by atoms with van der Waals surface area (Å²) in [6, 6.07) is 24.5. The molecule has 0 unspecified atom stereocenters. The molecule has 0 saturated carbocycles. The Morgan fingerprint density at radius 3 is 2.30 bits per heavy atom. The van der Waals surface area contributed by atoms with Crippen molar-refractivity contribution >= 4 is 11.6 Å². The zero-order valence-electron chi connectivity index (χ0n) is 16.3. The van der Waals surface area contributed by atoms with Gasteiger partial charge >= 0.3 is 0 Å². The van der Waals surface area contributed by atoms with E-state index in [2.05, 4.69) is 55.6 Å². The first-order valence-corrected chi connectivity index (χ1v) is 9.59. The summed E-state index contributed by atoms with van der Waals surface area (Å²) < 4.78 is 0. The molecule has 27 heavy (non-hydrogen) atoms. The van der Waals surface area contributed by atoms with Crippen LogP contribution in [0, 0.1) is 6.92 Å². The standard InChI is InChI=1S/C25H27NO/c1-18(2)22-15-9-10-19(3)24(22)26-25(27)23-14-8-7-13-21(23)17-16-20-11-5-4-6-12-20/h4-15,18H,16-17H2,1-3H3,(H,26,27). The van der Waals surface area contributed by atoms with Gasteiger partial charge in [0.25, 0.3) is 5.91 Å². The second kappa shape index (κ2) is 8.68. The molecule has 0 atom stereocenters. The Morgan fingerprint density at radius 1 is 0.852 bits per heavy atom. The minimum Gasteiger partial charge on any atom is -0.321 e. The van der Waals surface area contributed by atoms with Gasteiger partial charge in [-0.1, -0.05) is 80.6 Å². The fourth-order valence-corrected chi connectivity index (χ4v) is 3.41. The lowest BCUT2D eigenvalue weighted by molar-refractivity contribution is 0.102. The van der Waals surface area contributed by atoms with Gasteiger partial charge in [0.1, 0.15) is 0 Å². The van der Waals surface area contributed by atoms with Crippen LogP contribution in [-0.4, -0.2) is 5.91 Å². The molecule has 2 heteroatoms. The van der Waals surface area contributed by atoms with Crippen LogP contribution in [-0.2, 0) is 12.8 Å². The first-order valence-electron chi connectivity index (χ1n) is 9.59. The number of hydrogen-bond acceptors (Lipinski definition) is 1. The summed E-state index contributed by atoms with van der Waals surface area (Å²) in [5.74, 6) is 0.323. The second-order valence-electron chi connectivity index (χ2n) is 7.29. The lowest BCUT2D eigenvalue weighted by Gasteiger charge is -2.17. The van der Waals surface area contributed by atoms with Crippen LogP contribution < -0.4 is 5.32 Å². The van der Waals surface area contributed by atoms with Crippen LogP contribution in [0.15, 0.2) is 72.8 Å². The number of carbonyl (C=O) groups excluding carboxylic acids is 1. The van der Waals surface area contributed by atoms with Gasteiger partial charge in [-0.3, -0.25) is 4.79 Å². The van der Waals surface area contributed by atoms with Gasteiger partial charge in [-0.15, -0.1) is 0 Å². The summed E-state index contributed by atoms with van der Waals surface area (Å²) in [6.45, 7) is 6.35. The summed E-state index contributed by atoms with van der Waals surface area (Å²) in [6.07, 6.45) is 1.77. The van der Waals surface area contributed by atoms with Gasteiger partial charge in [0.05, 0.1) is 0 Å². The summed E-state index contributed by atoms with van der Waals surface area (Å²) >= 11 is 0. The third kappa shape index (κ3) is 4.65. The molecule has 0 aromatic heterocycles. The predicted molar refractivity (Wildman–Crippen MR) is 114 cm³/mol. The molecular formula is C25H27NO. The maximum absolute atomic E-state index is 13.1. The van der Waals surface area contributed by atoms with E-state index in [1.165, 1.54) is 11.1 Å². The first-order chi connectivity index (χ1) is 13.1. The van der Waals surface area contributed by atoms with E-state index in [0.29, 0.717) is 5.92 Å². The molecular weight excluding hydrogens is 330 g/mol. The maximum Gasteiger partial charge on any atom is 0.255 e. The number of aryl methyl sites for hydroxylation is 3. The lowest BCUT2D eigenvalue weighted by atomic mass is 9.96. The van der Waals surface area contributed by atoms with E-state index < -0.39 is 0 Å². The number of rotatable bonds is 6. The van der Waals surface area contributed by atoms with Gasteiger partial charge in [-0.2, -0.15) is 0 Å². The van der Waals surface area contributed by atoms with Crippen molar-refractivity contribution in [1.82, 2.24) is 0 Å². The molecule has 0 fully saturated rings. The molecule has 0 saturated heterocycles. The van der Waals surface area contributed by atoms with Crippen LogP contribution in [0.5, 0.6) is 0 Å². The van der Waals surface area contributed by atoms with Crippen LogP contribution in [0.4, 0.5) is 5.69 Å². The number of amides is 1. The number of carbonyl (C=O) groups is 1. The fourth-order valence-electron chi connectivity index (χ4n) is 3.41. The van der Waals surface area contributed by atoms with E-state index in [1.54, 1.807) is 0 Å². The molecule has 3 aromatic carbocycles. The summed E-state index contributed by atoms with van der Waals surface area (Å²) in [5.41, 5.74) is 6.33. The van der Waals surface area contributed by atoms with Crippen LogP contribution in [0.1, 0.15) is 52.4 Å². The van der Waals surface area contributed by atoms with Crippen molar-refractivity contribution in [2.24, 2.45) is 0 Å².